The molecular weight excluding hydrogens is 582 g/mol. The molecule has 3 aromatic rings. The Hall–Kier alpha value is -4.18. The van der Waals surface area contributed by atoms with E-state index in [9.17, 15) is 24.6 Å². The van der Waals surface area contributed by atoms with Crippen molar-refractivity contribution in [2.45, 2.75) is 44.4 Å². The fourth-order valence-corrected chi connectivity index (χ4v) is 6.05. The van der Waals surface area contributed by atoms with Gasteiger partial charge in [-0.2, -0.15) is 0 Å². The summed E-state index contributed by atoms with van der Waals surface area (Å²) >= 11 is 6.30. The van der Waals surface area contributed by atoms with Crippen molar-refractivity contribution >= 4 is 40.7 Å². The molecule has 2 heterocycles. The Morgan fingerprint density at radius 3 is 2.55 bits per heavy atom. The van der Waals surface area contributed by atoms with Crippen LogP contribution in [0.5, 0.6) is 5.75 Å². The van der Waals surface area contributed by atoms with Gasteiger partial charge in [0.1, 0.15) is 5.75 Å². The molecule has 3 N–H and O–H groups in total. The van der Waals surface area contributed by atoms with E-state index in [1.54, 1.807) is 85.7 Å². The van der Waals surface area contributed by atoms with E-state index >= 15 is 0 Å². The first-order valence-electron chi connectivity index (χ1n) is 14.6. The molecule has 3 amide bonds. The van der Waals surface area contributed by atoms with Crippen molar-refractivity contribution in [1.82, 2.24) is 4.90 Å². The number of aliphatic hydroxyl groups is 2. The van der Waals surface area contributed by atoms with Crippen molar-refractivity contribution in [2.75, 3.05) is 30.5 Å². The zero-order chi connectivity index (χ0) is 31.4. The van der Waals surface area contributed by atoms with Crippen LogP contribution in [0.15, 0.2) is 78.9 Å². The van der Waals surface area contributed by atoms with Crippen LogP contribution in [-0.4, -0.2) is 59.1 Å². The van der Waals surface area contributed by atoms with Gasteiger partial charge in [0.05, 0.1) is 32.0 Å². The second kappa shape index (κ2) is 13.2. The van der Waals surface area contributed by atoms with Crippen LogP contribution in [-0.2, 0) is 21.7 Å². The molecule has 0 saturated carbocycles. The molecule has 0 aliphatic carbocycles. The Kier molecular flexibility index (Phi) is 9.39. The zero-order valence-corrected chi connectivity index (χ0v) is 25.5. The van der Waals surface area contributed by atoms with Gasteiger partial charge in [-0.05, 0) is 73.0 Å². The van der Waals surface area contributed by atoms with Gasteiger partial charge in [-0.3, -0.25) is 14.4 Å². The SMILES string of the molecule is COc1ccc(C(=O)Nc2ccc(CN3C(=O)[C@](O)([C@H](C)/C=C/CC(=O)N4CCC[C@H]4CO)c4cc(Cl)ccc43)cc2)cc1. The minimum atomic E-state index is -1.88. The lowest BCUT2D eigenvalue weighted by Gasteiger charge is -2.28. The number of aliphatic hydroxyl groups excluding tert-OH is 1. The van der Waals surface area contributed by atoms with Gasteiger partial charge in [0.2, 0.25) is 5.91 Å². The van der Waals surface area contributed by atoms with Crippen molar-refractivity contribution in [3.05, 3.63) is 101 Å². The zero-order valence-electron chi connectivity index (χ0n) is 24.7. The molecule has 0 aromatic heterocycles. The van der Waals surface area contributed by atoms with Crippen LogP contribution in [0.3, 0.4) is 0 Å². The highest BCUT2D eigenvalue weighted by molar-refractivity contribution is 6.31. The Morgan fingerprint density at radius 1 is 1.14 bits per heavy atom. The summed E-state index contributed by atoms with van der Waals surface area (Å²) in [6.07, 6.45) is 5.12. The lowest BCUT2D eigenvalue weighted by atomic mass is 9.83. The number of carbonyl (C=O) groups excluding carboxylic acids is 3. The van der Waals surface area contributed by atoms with Crippen molar-refractivity contribution in [3.8, 4) is 5.75 Å². The lowest BCUT2D eigenvalue weighted by molar-refractivity contribution is -0.139. The molecule has 2 aliphatic rings. The maximum absolute atomic E-state index is 13.9. The number of nitrogens with one attached hydrogen (secondary N) is 1. The van der Waals surface area contributed by atoms with Crippen LogP contribution in [0, 0.1) is 5.92 Å². The first-order valence-corrected chi connectivity index (χ1v) is 15.0. The number of amides is 3. The first kappa shape index (κ1) is 31.3. The summed E-state index contributed by atoms with van der Waals surface area (Å²) in [5.41, 5.74) is 0.958. The third-order valence-corrected chi connectivity index (χ3v) is 8.66. The second-order valence-electron chi connectivity index (χ2n) is 11.2. The van der Waals surface area contributed by atoms with Crippen LogP contribution in [0.4, 0.5) is 11.4 Å². The van der Waals surface area contributed by atoms with E-state index in [-0.39, 0.29) is 37.4 Å². The summed E-state index contributed by atoms with van der Waals surface area (Å²) in [5.74, 6) is -0.845. The molecular formula is C34H36ClN3O6. The highest BCUT2D eigenvalue weighted by Gasteiger charge is 2.52. The summed E-state index contributed by atoms with van der Waals surface area (Å²) < 4.78 is 5.14. The minimum absolute atomic E-state index is 0.0610. The maximum Gasteiger partial charge on any atom is 0.264 e. The van der Waals surface area contributed by atoms with Gasteiger partial charge in [0.25, 0.3) is 11.8 Å². The average Bonchev–Trinajstić information content (AvgIpc) is 3.60. The number of hydrogen-bond donors (Lipinski definition) is 3. The lowest BCUT2D eigenvalue weighted by Crippen LogP contribution is -2.44. The van der Waals surface area contributed by atoms with Crippen molar-refractivity contribution in [3.63, 3.8) is 0 Å². The number of hydrogen-bond acceptors (Lipinski definition) is 6. The van der Waals surface area contributed by atoms with Crippen LogP contribution < -0.4 is 15.0 Å². The van der Waals surface area contributed by atoms with E-state index in [0.717, 1.165) is 18.4 Å². The van der Waals surface area contributed by atoms with E-state index < -0.39 is 17.4 Å². The highest BCUT2D eigenvalue weighted by Crippen LogP contribution is 2.46. The largest absolute Gasteiger partial charge is 0.497 e. The number of carbonyl (C=O) groups is 3. The molecule has 5 rings (SSSR count). The molecule has 1 fully saturated rings. The monoisotopic (exact) mass is 617 g/mol. The molecule has 2 aliphatic heterocycles. The van der Waals surface area contributed by atoms with Crippen LogP contribution in [0.2, 0.25) is 5.02 Å². The van der Waals surface area contributed by atoms with Crippen molar-refractivity contribution in [1.29, 1.82) is 0 Å². The van der Waals surface area contributed by atoms with Gasteiger partial charge in [-0.25, -0.2) is 0 Å². The topological polar surface area (TPSA) is 119 Å². The molecule has 0 unspecified atom stereocenters. The normalized spacial score (nSPS) is 20.2. The Morgan fingerprint density at radius 2 is 1.86 bits per heavy atom. The second-order valence-corrected chi connectivity index (χ2v) is 11.6. The molecule has 3 aromatic carbocycles. The number of benzene rings is 3. The summed E-state index contributed by atoms with van der Waals surface area (Å²) in [5, 5.41) is 24.7. The number of halogens is 1. The van der Waals surface area contributed by atoms with Gasteiger partial charge in [-0.15, -0.1) is 0 Å². The average molecular weight is 618 g/mol. The third-order valence-electron chi connectivity index (χ3n) is 8.42. The highest BCUT2D eigenvalue weighted by atomic mass is 35.5. The summed E-state index contributed by atoms with van der Waals surface area (Å²) in [6, 6.07) is 18.8. The van der Waals surface area contributed by atoms with Crippen molar-refractivity contribution in [2.24, 2.45) is 5.92 Å². The predicted octanol–water partition coefficient (Wildman–Crippen LogP) is 4.90. The maximum atomic E-state index is 13.9. The van der Waals surface area contributed by atoms with Gasteiger partial charge in [0, 0.05) is 40.7 Å². The number of anilines is 2. The minimum Gasteiger partial charge on any atom is -0.497 e. The van der Waals surface area contributed by atoms with Gasteiger partial charge >= 0.3 is 0 Å². The fraction of sp³-hybridized carbons (Fsp3) is 0.324. The number of methoxy groups -OCH3 is 1. The van der Waals surface area contributed by atoms with Gasteiger partial charge < -0.3 is 30.1 Å². The van der Waals surface area contributed by atoms with E-state index in [2.05, 4.69) is 5.32 Å². The Bertz CT molecular complexity index is 1560. The van der Waals surface area contributed by atoms with E-state index in [0.29, 0.717) is 39.8 Å². The standard InChI is InChI=1S/C34H36ClN3O6/c1-22(5-3-7-31(40)37-18-4-6-27(37)21-39)34(43)29-19-25(35)12-17-30(29)38(33(34)42)20-23-8-13-26(14-9-23)36-32(41)24-10-15-28(44-2)16-11-24/h3,5,8-17,19,22,27,39,43H,4,6-7,18,20-21H2,1-2H3,(H,36,41)/b5-3+/t22-,27+,34+/m1/s1. The molecule has 230 valence electrons. The molecule has 44 heavy (non-hydrogen) atoms. The van der Waals surface area contributed by atoms with E-state index in [1.807, 2.05) is 12.1 Å². The molecule has 9 nitrogen and oxygen atoms in total. The Labute approximate surface area is 261 Å². The summed E-state index contributed by atoms with van der Waals surface area (Å²) in [7, 11) is 1.56. The van der Waals surface area contributed by atoms with E-state index in [4.69, 9.17) is 16.3 Å². The van der Waals surface area contributed by atoms with Gasteiger partial charge in [-0.1, -0.05) is 42.8 Å². The van der Waals surface area contributed by atoms with Crippen LogP contribution in [0.25, 0.3) is 0 Å². The molecule has 10 heteroatoms. The summed E-state index contributed by atoms with van der Waals surface area (Å²) in [4.78, 5) is 42.5. The molecule has 3 atom stereocenters. The van der Waals surface area contributed by atoms with Crippen LogP contribution in [0.1, 0.15) is 47.7 Å². The molecule has 0 bridgehead atoms. The number of fused-ring (bicyclic) bond motifs is 1. The third kappa shape index (κ3) is 6.22. The summed E-state index contributed by atoms with van der Waals surface area (Å²) in [6.45, 7) is 2.48. The van der Waals surface area contributed by atoms with Gasteiger partial charge in [0.15, 0.2) is 5.60 Å². The van der Waals surface area contributed by atoms with Crippen LogP contribution >= 0.6 is 11.6 Å². The molecule has 0 spiro atoms. The van der Waals surface area contributed by atoms with Crippen molar-refractivity contribution < 1.29 is 29.3 Å². The number of nitrogens with zero attached hydrogens (tertiary/aromatic N) is 2. The Balaban J connectivity index is 1.29. The number of rotatable bonds is 10. The fourth-order valence-electron chi connectivity index (χ4n) is 5.88. The first-order chi connectivity index (χ1) is 21.1. The van der Waals surface area contributed by atoms with E-state index in [1.165, 1.54) is 4.90 Å². The predicted molar refractivity (Wildman–Crippen MR) is 169 cm³/mol. The molecule has 1 saturated heterocycles. The smallest absolute Gasteiger partial charge is 0.264 e. The number of ether oxygens (including phenoxy) is 1. The molecule has 0 radical (unpaired) electrons. The quantitative estimate of drug-likeness (QED) is 0.279. The number of likely N-dealkylation sites (tertiary alicyclic amines) is 1.